The van der Waals surface area contributed by atoms with E-state index in [1.54, 1.807) is 24.3 Å². The maximum Gasteiger partial charge on any atom is 0.339 e. The number of aromatic nitrogens is 1. The summed E-state index contributed by atoms with van der Waals surface area (Å²) in [6.07, 6.45) is 0.562. The molecule has 1 heterocycles. The lowest BCUT2D eigenvalue weighted by Crippen LogP contribution is -3.00. The van der Waals surface area contributed by atoms with Crippen molar-refractivity contribution >= 4 is 62.2 Å². The lowest BCUT2D eigenvalue weighted by Gasteiger charge is -2.06. The second-order valence-corrected chi connectivity index (χ2v) is 9.00. The van der Waals surface area contributed by atoms with Crippen LogP contribution < -0.4 is 21.5 Å². The molecule has 0 spiro atoms. The number of thiazole rings is 1. The third kappa shape index (κ3) is 6.37. The van der Waals surface area contributed by atoms with E-state index in [-0.39, 0.29) is 46.5 Å². The predicted molar refractivity (Wildman–Crippen MR) is 118 cm³/mol. The number of nitrogens with zero attached hydrogens (tertiary/aromatic N) is 1. The first-order valence-corrected chi connectivity index (χ1v) is 11.2. The van der Waals surface area contributed by atoms with Gasteiger partial charge in [0.2, 0.25) is 17.8 Å². The number of carbonyl (C=O) groups is 2. The van der Waals surface area contributed by atoms with Crippen molar-refractivity contribution in [2.45, 2.75) is 19.9 Å². The van der Waals surface area contributed by atoms with Crippen LogP contribution in [0.5, 0.6) is 0 Å². The third-order valence-corrected chi connectivity index (χ3v) is 6.57. The van der Waals surface area contributed by atoms with Crippen LogP contribution in [0.2, 0.25) is 10.0 Å². The van der Waals surface area contributed by atoms with Crippen LogP contribution in [-0.4, -0.2) is 18.4 Å². The summed E-state index contributed by atoms with van der Waals surface area (Å²) in [6.45, 7) is 2.45. The van der Waals surface area contributed by atoms with Crippen molar-refractivity contribution in [1.29, 1.82) is 0 Å². The monoisotopic (exact) mass is 591 g/mol. The molecule has 0 atom stereocenters. The summed E-state index contributed by atoms with van der Waals surface area (Å²) in [7, 11) is 0. The average molecular weight is 594 g/mol. The molecular weight excluding hydrogens is 577 g/mol. The van der Waals surface area contributed by atoms with Crippen LogP contribution in [0.15, 0.2) is 52.4 Å². The lowest BCUT2D eigenvalue weighted by atomic mass is 10.1. The average Bonchev–Trinajstić information content (AvgIpc) is 3.02. The number of benzene rings is 2. The Balaban J connectivity index is 0.00000320. The van der Waals surface area contributed by atoms with E-state index in [1.807, 2.05) is 29.1 Å². The van der Waals surface area contributed by atoms with E-state index in [9.17, 15) is 9.59 Å². The minimum atomic E-state index is -0.487. The molecule has 0 aliphatic carbocycles. The second-order valence-electron chi connectivity index (χ2n) is 6.30. The zero-order valence-electron chi connectivity index (χ0n) is 15.8. The minimum absolute atomic E-state index is 0. The van der Waals surface area contributed by atoms with Crippen LogP contribution in [0, 0.1) is 6.92 Å². The fourth-order valence-electron chi connectivity index (χ4n) is 2.70. The van der Waals surface area contributed by atoms with Gasteiger partial charge < -0.3 is 21.7 Å². The number of hydrogen-bond donors (Lipinski definition) is 0. The van der Waals surface area contributed by atoms with Gasteiger partial charge in [0.15, 0.2) is 5.69 Å². The Bertz CT molecular complexity index is 1050. The van der Waals surface area contributed by atoms with Crippen LogP contribution >= 0.6 is 50.5 Å². The Hall–Kier alpha value is -1.25. The van der Waals surface area contributed by atoms with Crippen molar-refractivity contribution in [2.75, 3.05) is 6.61 Å². The molecule has 0 aliphatic heterocycles. The van der Waals surface area contributed by atoms with Crippen molar-refractivity contribution in [3.05, 3.63) is 84.2 Å². The third-order valence-electron chi connectivity index (χ3n) is 4.35. The summed E-state index contributed by atoms with van der Waals surface area (Å²) in [5, 5.41) is 0.724. The maximum absolute atomic E-state index is 12.5. The molecule has 0 saturated heterocycles. The van der Waals surface area contributed by atoms with Gasteiger partial charge in [-0.15, -0.1) is 0 Å². The van der Waals surface area contributed by atoms with Crippen molar-refractivity contribution in [3.8, 4) is 0 Å². The molecule has 4 nitrogen and oxygen atoms in total. The molecule has 0 saturated carbocycles. The van der Waals surface area contributed by atoms with Gasteiger partial charge in [-0.3, -0.25) is 4.79 Å². The van der Waals surface area contributed by atoms with E-state index in [0.29, 0.717) is 17.0 Å². The van der Waals surface area contributed by atoms with Gasteiger partial charge in [-0.1, -0.05) is 62.6 Å². The highest BCUT2D eigenvalue weighted by Gasteiger charge is 2.20. The highest BCUT2D eigenvalue weighted by Crippen LogP contribution is 2.22. The predicted octanol–water partition coefficient (Wildman–Crippen LogP) is 2.70. The van der Waals surface area contributed by atoms with Gasteiger partial charge in [0.05, 0.1) is 22.1 Å². The number of ketones is 1. The SMILES string of the molecule is Cc1c(CCOC(=O)c2ccc(Cl)cc2Cl)sc[n+]1CC(=O)c1ccc(Br)cc1.[Br-]. The smallest absolute Gasteiger partial charge is 0.339 e. The molecular formula is C21H17Br2Cl2NO3S. The summed E-state index contributed by atoms with van der Waals surface area (Å²) in [5.74, 6) is -0.446. The minimum Gasteiger partial charge on any atom is -1.00 e. The second kappa shape index (κ2) is 11.4. The zero-order chi connectivity index (χ0) is 21.0. The van der Waals surface area contributed by atoms with Gasteiger partial charge >= 0.3 is 5.97 Å². The van der Waals surface area contributed by atoms with Crippen molar-refractivity contribution in [1.82, 2.24) is 0 Å². The summed E-state index contributed by atoms with van der Waals surface area (Å²) < 4.78 is 8.19. The van der Waals surface area contributed by atoms with E-state index in [4.69, 9.17) is 27.9 Å². The maximum atomic E-state index is 12.5. The first-order valence-electron chi connectivity index (χ1n) is 8.72. The molecule has 9 heteroatoms. The number of Topliss-reactive ketones (excluding diaryl/α,β-unsaturated/α-hetero) is 1. The molecule has 2 aromatic carbocycles. The normalized spacial score (nSPS) is 10.4. The first kappa shape index (κ1) is 25.0. The van der Waals surface area contributed by atoms with Crippen LogP contribution in [-0.2, 0) is 17.7 Å². The topological polar surface area (TPSA) is 47.2 Å². The fourth-order valence-corrected chi connectivity index (χ4v) is 4.42. The number of rotatable bonds is 7. The molecule has 0 fully saturated rings. The molecule has 0 bridgehead atoms. The number of carbonyl (C=O) groups excluding carboxylic acids is 2. The van der Waals surface area contributed by atoms with Gasteiger partial charge in [-0.05, 0) is 30.3 Å². The molecule has 0 N–H and O–H groups in total. The highest BCUT2D eigenvalue weighted by atomic mass is 79.9. The molecule has 3 rings (SSSR count). The summed E-state index contributed by atoms with van der Waals surface area (Å²) in [6, 6.07) is 12.0. The molecule has 0 radical (unpaired) electrons. The molecule has 30 heavy (non-hydrogen) atoms. The van der Waals surface area contributed by atoms with Crippen LogP contribution in [0.4, 0.5) is 0 Å². The van der Waals surface area contributed by atoms with Crippen LogP contribution in [0.1, 0.15) is 31.3 Å². The van der Waals surface area contributed by atoms with Gasteiger partial charge in [0.25, 0.3) is 0 Å². The Morgan fingerprint density at radius 2 is 1.83 bits per heavy atom. The lowest BCUT2D eigenvalue weighted by molar-refractivity contribution is -0.684. The Kier molecular flexibility index (Phi) is 9.50. The molecule has 0 aliphatic rings. The number of hydrogen-bond acceptors (Lipinski definition) is 4. The largest absolute Gasteiger partial charge is 1.00 e. The van der Waals surface area contributed by atoms with Crippen molar-refractivity contribution < 1.29 is 35.9 Å². The van der Waals surface area contributed by atoms with Gasteiger partial charge in [-0.2, -0.15) is 4.57 Å². The quantitative estimate of drug-likeness (QED) is 0.241. The fraction of sp³-hybridized carbons (Fsp3) is 0.190. The number of ether oxygens (including phenoxy) is 1. The molecule has 1 aromatic heterocycles. The van der Waals surface area contributed by atoms with E-state index in [2.05, 4.69) is 15.9 Å². The summed E-state index contributed by atoms with van der Waals surface area (Å²) in [5.41, 5.74) is 3.86. The Morgan fingerprint density at radius 1 is 1.13 bits per heavy atom. The zero-order valence-corrected chi connectivity index (χ0v) is 21.3. The van der Waals surface area contributed by atoms with Crippen LogP contribution in [0.3, 0.4) is 0 Å². The van der Waals surface area contributed by atoms with Crippen LogP contribution in [0.25, 0.3) is 0 Å². The molecule has 3 aromatic rings. The standard InChI is InChI=1S/C21H17BrCl2NO3S.BrH/c1-13-20(8-9-28-21(27)17-7-6-16(23)10-18(17)24)29-12-25(13)11-19(26)14-2-4-15(22)5-3-14;/h2-7,10,12H,8-9,11H2,1H3;1H/q+1;/p-1. The van der Waals surface area contributed by atoms with Gasteiger partial charge in [0, 0.05) is 28.4 Å². The van der Waals surface area contributed by atoms with Crippen molar-refractivity contribution in [2.24, 2.45) is 0 Å². The van der Waals surface area contributed by atoms with Gasteiger partial charge in [0.1, 0.15) is 0 Å². The van der Waals surface area contributed by atoms with E-state index in [0.717, 1.165) is 15.0 Å². The molecule has 0 unspecified atom stereocenters. The van der Waals surface area contributed by atoms with E-state index < -0.39 is 5.97 Å². The Labute approximate surface area is 207 Å². The van der Waals surface area contributed by atoms with E-state index >= 15 is 0 Å². The first-order chi connectivity index (χ1) is 13.8. The molecule has 0 amide bonds. The Morgan fingerprint density at radius 3 is 2.50 bits per heavy atom. The van der Waals surface area contributed by atoms with Gasteiger partial charge in [-0.25, -0.2) is 4.79 Å². The highest BCUT2D eigenvalue weighted by molar-refractivity contribution is 9.10. The van der Waals surface area contributed by atoms with Crippen molar-refractivity contribution in [3.63, 3.8) is 0 Å². The number of halogens is 4. The van der Waals surface area contributed by atoms with E-state index in [1.165, 1.54) is 17.4 Å². The summed E-state index contributed by atoms with van der Waals surface area (Å²) >= 11 is 16.8. The molecule has 158 valence electrons. The summed E-state index contributed by atoms with van der Waals surface area (Å²) in [4.78, 5) is 25.7. The number of esters is 1.